The lowest BCUT2D eigenvalue weighted by molar-refractivity contribution is -0.139. The molecule has 3 nitrogen and oxygen atoms in total. The predicted molar refractivity (Wildman–Crippen MR) is 57.9 cm³/mol. The van der Waals surface area contributed by atoms with Crippen LogP contribution in [0.15, 0.2) is 6.20 Å². The van der Waals surface area contributed by atoms with Crippen LogP contribution in [0.5, 0.6) is 0 Å². The van der Waals surface area contributed by atoms with Crippen LogP contribution in [0.4, 0.5) is 0 Å². The van der Waals surface area contributed by atoms with E-state index >= 15 is 0 Å². The Morgan fingerprint density at radius 2 is 2.07 bits per heavy atom. The Hall–Kier alpha value is -1.25. The molecule has 0 aromatic carbocycles. The van der Waals surface area contributed by atoms with Gasteiger partial charge in [-0.3, -0.25) is 4.79 Å². The minimum Gasteiger partial charge on any atom is -0.481 e. The smallest absolute Gasteiger partial charge is 0.307 e. The molecular weight excluding hydrogens is 190 g/mol. The maximum Gasteiger partial charge on any atom is 0.307 e. The molecule has 1 aliphatic rings. The van der Waals surface area contributed by atoms with Gasteiger partial charge in [0, 0.05) is 17.8 Å². The molecule has 2 atom stereocenters. The van der Waals surface area contributed by atoms with Gasteiger partial charge < -0.3 is 10.1 Å². The summed E-state index contributed by atoms with van der Waals surface area (Å²) < 4.78 is 0. The van der Waals surface area contributed by atoms with Crippen LogP contribution in [0.2, 0.25) is 0 Å². The van der Waals surface area contributed by atoms with Crippen LogP contribution in [0, 0.1) is 25.2 Å². The van der Waals surface area contributed by atoms with Crippen LogP contribution in [0.25, 0.3) is 0 Å². The first-order chi connectivity index (χ1) is 6.87. The first-order valence-corrected chi connectivity index (χ1v) is 5.24. The van der Waals surface area contributed by atoms with Crippen molar-refractivity contribution in [3.8, 4) is 0 Å². The number of hydrogen-bond acceptors (Lipinski definition) is 1. The summed E-state index contributed by atoms with van der Waals surface area (Å²) in [6.07, 6.45) is 1.96. The highest BCUT2D eigenvalue weighted by atomic mass is 16.4. The van der Waals surface area contributed by atoms with E-state index in [4.69, 9.17) is 5.11 Å². The molecule has 2 N–H and O–H groups in total. The topological polar surface area (TPSA) is 53.1 Å². The third-order valence-electron chi connectivity index (χ3n) is 3.74. The molecule has 15 heavy (non-hydrogen) atoms. The number of nitrogens with one attached hydrogen (secondary N) is 1. The van der Waals surface area contributed by atoms with E-state index in [1.165, 1.54) is 11.1 Å². The number of aromatic amines is 1. The van der Waals surface area contributed by atoms with Crippen LogP contribution in [-0.2, 0) is 4.79 Å². The lowest BCUT2D eigenvalue weighted by Gasteiger charge is -2.03. The Bertz CT molecular complexity index is 398. The maximum atomic E-state index is 11.1. The summed E-state index contributed by atoms with van der Waals surface area (Å²) in [6.45, 7) is 8.10. The van der Waals surface area contributed by atoms with Gasteiger partial charge >= 0.3 is 5.97 Å². The number of H-pyrrole nitrogens is 1. The quantitative estimate of drug-likeness (QED) is 0.782. The fourth-order valence-electron chi connectivity index (χ4n) is 2.78. The van der Waals surface area contributed by atoms with Crippen LogP contribution < -0.4 is 0 Å². The third-order valence-corrected chi connectivity index (χ3v) is 3.74. The van der Waals surface area contributed by atoms with Gasteiger partial charge in [-0.2, -0.15) is 0 Å². The lowest BCUT2D eigenvalue weighted by Crippen LogP contribution is -2.03. The molecule has 0 unspecified atom stereocenters. The Morgan fingerprint density at radius 3 is 2.40 bits per heavy atom. The summed E-state index contributed by atoms with van der Waals surface area (Å²) in [4.78, 5) is 14.3. The predicted octanol–water partition coefficient (Wildman–Crippen LogP) is 2.46. The van der Waals surface area contributed by atoms with E-state index < -0.39 is 5.97 Å². The minimum absolute atomic E-state index is 0.108. The Labute approximate surface area is 89.5 Å². The molecule has 0 spiro atoms. The Kier molecular flexibility index (Phi) is 1.97. The molecule has 1 saturated carbocycles. The molecule has 1 aliphatic carbocycles. The summed E-state index contributed by atoms with van der Waals surface area (Å²) in [7, 11) is 0. The molecule has 1 heterocycles. The van der Waals surface area contributed by atoms with Gasteiger partial charge in [0.15, 0.2) is 0 Å². The van der Waals surface area contributed by atoms with E-state index in [2.05, 4.69) is 4.98 Å². The first-order valence-electron chi connectivity index (χ1n) is 5.24. The Balaban J connectivity index is 2.39. The molecule has 0 radical (unpaired) electrons. The highest BCUT2D eigenvalue weighted by Gasteiger charge is 2.63. The average molecular weight is 207 g/mol. The number of carbonyl (C=O) groups is 1. The fourth-order valence-corrected chi connectivity index (χ4v) is 2.78. The van der Waals surface area contributed by atoms with E-state index in [1.807, 2.05) is 33.9 Å². The number of aryl methyl sites for hydroxylation is 2. The summed E-state index contributed by atoms with van der Waals surface area (Å²) in [6, 6.07) is 0. The molecule has 3 heteroatoms. The van der Waals surface area contributed by atoms with Crippen molar-refractivity contribution in [1.29, 1.82) is 0 Å². The molecular formula is C12H17NO2. The summed E-state index contributed by atoms with van der Waals surface area (Å²) in [5.41, 5.74) is 3.37. The molecule has 1 aromatic rings. The molecule has 0 saturated heterocycles. The molecule has 0 bridgehead atoms. The number of aromatic nitrogens is 1. The van der Waals surface area contributed by atoms with Crippen LogP contribution in [0.1, 0.15) is 36.6 Å². The van der Waals surface area contributed by atoms with E-state index in [0.717, 1.165) is 5.69 Å². The number of hydrogen-bond donors (Lipinski definition) is 2. The van der Waals surface area contributed by atoms with Crippen molar-refractivity contribution in [3.05, 3.63) is 23.0 Å². The second-order valence-corrected chi connectivity index (χ2v) is 5.13. The van der Waals surface area contributed by atoms with E-state index in [-0.39, 0.29) is 17.3 Å². The zero-order valence-electron chi connectivity index (χ0n) is 9.59. The second kappa shape index (κ2) is 2.87. The highest BCUT2D eigenvalue weighted by Crippen LogP contribution is 2.65. The molecule has 0 aliphatic heterocycles. The van der Waals surface area contributed by atoms with Gasteiger partial charge in [0.1, 0.15) is 0 Å². The summed E-state index contributed by atoms with van der Waals surface area (Å²) >= 11 is 0. The van der Waals surface area contributed by atoms with Crippen molar-refractivity contribution in [2.45, 2.75) is 33.6 Å². The largest absolute Gasteiger partial charge is 0.481 e. The van der Waals surface area contributed by atoms with Gasteiger partial charge in [-0.05, 0) is 30.4 Å². The first kappa shape index (κ1) is 10.3. The number of carboxylic acid groups (broad SMARTS) is 1. The molecule has 1 fully saturated rings. The zero-order valence-corrected chi connectivity index (χ0v) is 9.59. The number of aliphatic carboxylic acids is 1. The maximum absolute atomic E-state index is 11.1. The fraction of sp³-hybridized carbons (Fsp3) is 0.583. The Morgan fingerprint density at radius 1 is 1.47 bits per heavy atom. The standard InChI is InChI=1S/C12H17NO2/c1-6-5-13-7(2)8(6)9-10(11(14)15)12(9,3)4/h5,9-10,13H,1-4H3,(H,14,15)/t9-,10+/m1/s1. The second-order valence-electron chi connectivity index (χ2n) is 5.13. The van der Waals surface area contributed by atoms with Crippen LogP contribution in [0.3, 0.4) is 0 Å². The van der Waals surface area contributed by atoms with Gasteiger partial charge in [-0.15, -0.1) is 0 Å². The van der Waals surface area contributed by atoms with E-state index in [0.29, 0.717) is 0 Å². The summed E-state index contributed by atoms with van der Waals surface area (Å²) in [5, 5.41) is 9.13. The van der Waals surface area contributed by atoms with Crippen molar-refractivity contribution < 1.29 is 9.90 Å². The molecule has 1 aromatic heterocycles. The normalized spacial score (nSPS) is 27.7. The summed E-state index contributed by atoms with van der Waals surface area (Å²) in [5.74, 6) is -0.739. The van der Waals surface area contributed by atoms with Gasteiger partial charge in [-0.1, -0.05) is 13.8 Å². The molecule has 2 rings (SSSR count). The van der Waals surface area contributed by atoms with Crippen LogP contribution >= 0.6 is 0 Å². The van der Waals surface area contributed by atoms with Crippen molar-refractivity contribution in [2.24, 2.45) is 11.3 Å². The number of rotatable bonds is 2. The molecule has 82 valence electrons. The van der Waals surface area contributed by atoms with Crippen molar-refractivity contribution in [1.82, 2.24) is 4.98 Å². The zero-order chi connectivity index (χ0) is 11.4. The van der Waals surface area contributed by atoms with E-state index in [1.54, 1.807) is 0 Å². The number of carboxylic acids is 1. The van der Waals surface area contributed by atoms with Crippen molar-refractivity contribution >= 4 is 5.97 Å². The van der Waals surface area contributed by atoms with E-state index in [9.17, 15) is 4.79 Å². The van der Waals surface area contributed by atoms with Gasteiger partial charge in [0.25, 0.3) is 0 Å². The average Bonchev–Trinajstić information content (AvgIpc) is 2.50. The molecule has 0 amide bonds. The van der Waals surface area contributed by atoms with Crippen molar-refractivity contribution in [3.63, 3.8) is 0 Å². The third kappa shape index (κ3) is 1.29. The lowest BCUT2D eigenvalue weighted by atomic mass is 10.0. The highest BCUT2D eigenvalue weighted by molar-refractivity contribution is 5.78. The van der Waals surface area contributed by atoms with Crippen LogP contribution in [-0.4, -0.2) is 16.1 Å². The SMILES string of the molecule is Cc1c[nH]c(C)c1[C@@H]1[C@@H](C(=O)O)C1(C)C. The van der Waals surface area contributed by atoms with Gasteiger partial charge in [-0.25, -0.2) is 0 Å². The minimum atomic E-state index is -0.676. The van der Waals surface area contributed by atoms with Gasteiger partial charge in [0.05, 0.1) is 5.92 Å². The van der Waals surface area contributed by atoms with Gasteiger partial charge in [0.2, 0.25) is 0 Å². The van der Waals surface area contributed by atoms with Crippen molar-refractivity contribution in [2.75, 3.05) is 0 Å². The monoisotopic (exact) mass is 207 g/mol.